The zero-order valence-electron chi connectivity index (χ0n) is 24.3. The van der Waals surface area contributed by atoms with Crippen molar-refractivity contribution in [2.24, 2.45) is 0 Å². The maximum absolute atomic E-state index is 12.1. The van der Waals surface area contributed by atoms with Crippen LogP contribution in [0.4, 0.5) is 0 Å². The second-order valence-electron chi connectivity index (χ2n) is 10.5. The van der Waals surface area contributed by atoms with Crippen LogP contribution in [-0.4, -0.2) is 59.3 Å². The highest BCUT2D eigenvalue weighted by atomic mass is 32.2. The SMILES string of the molecule is O=C(CCCC(=O)NCc1ccc([C@@H]2O[C@H](CSc3nnnn3-c3ccc(O)cc3)C[C@H](c3ccc(CO)cc3)O2)cc1)NO. The highest BCUT2D eigenvalue weighted by molar-refractivity contribution is 7.99. The Balaban J connectivity index is 1.24. The van der Waals surface area contributed by atoms with Crippen LogP contribution in [0.5, 0.6) is 5.75 Å². The van der Waals surface area contributed by atoms with E-state index < -0.39 is 12.2 Å². The summed E-state index contributed by atoms with van der Waals surface area (Å²) in [7, 11) is 0. The van der Waals surface area contributed by atoms with Gasteiger partial charge < -0.3 is 25.0 Å². The molecule has 3 aromatic carbocycles. The van der Waals surface area contributed by atoms with Crippen molar-refractivity contribution >= 4 is 23.6 Å². The fourth-order valence-corrected chi connectivity index (χ4v) is 5.67. The van der Waals surface area contributed by atoms with Gasteiger partial charge in [-0.3, -0.25) is 14.8 Å². The molecule has 0 radical (unpaired) electrons. The molecular formula is C31H34N6O7S. The molecule has 1 saturated heterocycles. The summed E-state index contributed by atoms with van der Waals surface area (Å²) in [5.41, 5.74) is 5.77. The van der Waals surface area contributed by atoms with Gasteiger partial charge in [-0.15, -0.1) is 5.10 Å². The minimum absolute atomic E-state index is 0.0414. The van der Waals surface area contributed by atoms with E-state index in [1.54, 1.807) is 34.4 Å². The van der Waals surface area contributed by atoms with Gasteiger partial charge in [-0.2, -0.15) is 4.68 Å². The Bertz CT molecular complexity index is 1550. The number of ether oxygens (including phenoxy) is 2. The van der Waals surface area contributed by atoms with E-state index in [-0.39, 0.29) is 43.3 Å². The van der Waals surface area contributed by atoms with E-state index in [2.05, 4.69) is 20.8 Å². The molecule has 1 aliphatic heterocycles. The van der Waals surface area contributed by atoms with Crippen molar-refractivity contribution in [2.75, 3.05) is 5.75 Å². The number of aromatic nitrogens is 4. The molecule has 1 fully saturated rings. The zero-order chi connectivity index (χ0) is 31.6. The van der Waals surface area contributed by atoms with Gasteiger partial charge in [-0.05, 0) is 57.8 Å². The van der Waals surface area contributed by atoms with E-state index in [0.717, 1.165) is 27.9 Å². The van der Waals surface area contributed by atoms with Crippen LogP contribution in [0.25, 0.3) is 5.69 Å². The number of tetrazole rings is 1. The number of aromatic hydroxyl groups is 1. The van der Waals surface area contributed by atoms with E-state index >= 15 is 0 Å². The average Bonchev–Trinajstić information content (AvgIpc) is 3.55. The number of aliphatic hydroxyl groups excluding tert-OH is 1. The molecule has 13 nitrogen and oxygen atoms in total. The third-order valence-electron chi connectivity index (χ3n) is 7.22. The van der Waals surface area contributed by atoms with Gasteiger partial charge in [0.05, 0.1) is 24.5 Å². The lowest BCUT2D eigenvalue weighted by Crippen LogP contribution is -2.31. The predicted octanol–water partition coefficient (Wildman–Crippen LogP) is 3.49. The summed E-state index contributed by atoms with van der Waals surface area (Å²) in [4.78, 5) is 23.2. The molecule has 14 heteroatoms. The molecule has 0 spiro atoms. The zero-order valence-corrected chi connectivity index (χ0v) is 25.1. The highest BCUT2D eigenvalue weighted by Gasteiger charge is 2.32. The standard InChI is InChI=1S/C31H34N6O7S/c38-18-21-6-8-22(9-7-21)27-16-26(19-45-31-33-35-36-37(31)24-12-14-25(39)15-13-24)43-30(44-27)23-10-4-20(5-11-23)17-32-28(40)2-1-3-29(41)34-42/h4-15,26-27,30,38-39,42H,1-3,16-19H2,(H,32,40)(H,34,41)/t26-,27+,30+/m0/s1. The third kappa shape index (κ3) is 8.86. The quantitative estimate of drug-likeness (QED) is 0.0825. The van der Waals surface area contributed by atoms with Crippen LogP contribution in [0, 0.1) is 0 Å². The van der Waals surface area contributed by atoms with Crippen LogP contribution in [0.3, 0.4) is 0 Å². The van der Waals surface area contributed by atoms with E-state index in [1.165, 1.54) is 11.8 Å². The topological polar surface area (TPSA) is 181 Å². The molecule has 0 aliphatic carbocycles. The Kier molecular flexibility index (Phi) is 11.1. The van der Waals surface area contributed by atoms with Crippen LogP contribution in [0.1, 0.15) is 60.3 Å². The fraction of sp³-hybridized carbons (Fsp3) is 0.323. The molecule has 0 bridgehead atoms. The van der Waals surface area contributed by atoms with Crippen LogP contribution >= 0.6 is 11.8 Å². The number of hydrogen-bond acceptors (Lipinski definition) is 11. The number of phenols is 1. The fourth-order valence-electron chi connectivity index (χ4n) is 4.76. The number of nitrogens with zero attached hydrogens (tertiary/aromatic N) is 4. The molecule has 5 N–H and O–H groups in total. The van der Waals surface area contributed by atoms with Crippen molar-refractivity contribution in [3.63, 3.8) is 0 Å². The number of carbonyl (C=O) groups is 2. The molecule has 2 amide bonds. The molecule has 4 aromatic rings. The Morgan fingerprint density at radius 3 is 2.31 bits per heavy atom. The van der Waals surface area contributed by atoms with Crippen molar-refractivity contribution in [1.29, 1.82) is 0 Å². The first kappa shape index (κ1) is 32.1. The number of hydrogen-bond donors (Lipinski definition) is 5. The number of nitrogens with one attached hydrogen (secondary N) is 2. The summed E-state index contributed by atoms with van der Waals surface area (Å²) in [6.07, 6.45) is 0.0459. The molecule has 3 atom stereocenters. The monoisotopic (exact) mass is 634 g/mol. The van der Waals surface area contributed by atoms with Gasteiger partial charge in [0.1, 0.15) is 5.75 Å². The second-order valence-corrected chi connectivity index (χ2v) is 11.4. The summed E-state index contributed by atoms with van der Waals surface area (Å²) < 4.78 is 14.5. The minimum Gasteiger partial charge on any atom is -0.508 e. The molecule has 2 heterocycles. The Labute approximate surface area is 263 Å². The van der Waals surface area contributed by atoms with Crippen LogP contribution in [-0.2, 0) is 32.2 Å². The summed E-state index contributed by atoms with van der Waals surface area (Å²) >= 11 is 1.46. The lowest BCUT2D eigenvalue weighted by molar-refractivity contribution is -0.245. The van der Waals surface area contributed by atoms with Gasteiger partial charge in [-0.25, -0.2) is 5.48 Å². The molecule has 0 saturated carbocycles. The molecule has 5 rings (SSSR count). The van der Waals surface area contributed by atoms with Gasteiger partial charge in [-0.1, -0.05) is 60.3 Å². The van der Waals surface area contributed by atoms with Crippen molar-refractivity contribution < 1.29 is 34.5 Å². The molecule has 1 aliphatic rings. The average molecular weight is 635 g/mol. The normalized spacial score (nSPS) is 18.0. The number of rotatable bonds is 13. The number of amides is 2. The van der Waals surface area contributed by atoms with Crippen LogP contribution in [0.2, 0.25) is 0 Å². The largest absolute Gasteiger partial charge is 0.508 e. The van der Waals surface area contributed by atoms with Crippen molar-refractivity contribution in [2.45, 2.75) is 62.5 Å². The second kappa shape index (κ2) is 15.6. The van der Waals surface area contributed by atoms with Crippen molar-refractivity contribution in [3.8, 4) is 11.4 Å². The first-order valence-corrected chi connectivity index (χ1v) is 15.4. The third-order valence-corrected chi connectivity index (χ3v) is 8.27. The molecule has 236 valence electrons. The van der Waals surface area contributed by atoms with Gasteiger partial charge in [0.2, 0.25) is 17.0 Å². The summed E-state index contributed by atoms with van der Waals surface area (Å²) in [6.45, 7) is 0.284. The van der Waals surface area contributed by atoms with Gasteiger partial charge in [0.25, 0.3) is 0 Å². The van der Waals surface area contributed by atoms with Gasteiger partial charge >= 0.3 is 0 Å². The first-order valence-electron chi connectivity index (χ1n) is 14.4. The molecule has 0 unspecified atom stereocenters. The maximum atomic E-state index is 12.1. The van der Waals surface area contributed by atoms with Crippen LogP contribution < -0.4 is 10.8 Å². The Hall–Kier alpha value is -4.34. The Morgan fingerprint density at radius 1 is 0.911 bits per heavy atom. The highest BCUT2D eigenvalue weighted by Crippen LogP contribution is 2.39. The van der Waals surface area contributed by atoms with E-state index in [1.807, 2.05) is 48.5 Å². The van der Waals surface area contributed by atoms with E-state index in [0.29, 0.717) is 30.3 Å². The van der Waals surface area contributed by atoms with E-state index in [9.17, 15) is 19.8 Å². The van der Waals surface area contributed by atoms with Crippen LogP contribution in [0.15, 0.2) is 78.0 Å². The maximum Gasteiger partial charge on any atom is 0.243 e. The summed E-state index contributed by atoms with van der Waals surface area (Å²) in [6, 6.07) is 21.9. The molecule has 1 aromatic heterocycles. The minimum atomic E-state index is -0.652. The van der Waals surface area contributed by atoms with Crippen molar-refractivity contribution in [1.82, 2.24) is 31.0 Å². The number of benzene rings is 3. The van der Waals surface area contributed by atoms with Gasteiger partial charge in [0.15, 0.2) is 6.29 Å². The summed E-state index contributed by atoms with van der Waals surface area (Å²) in [5.74, 6) is -0.00514. The molecule has 45 heavy (non-hydrogen) atoms. The predicted molar refractivity (Wildman–Crippen MR) is 162 cm³/mol. The van der Waals surface area contributed by atoms with E-state index in [4.69, 9.17) is 14.7 Å². The molecular weight excluding hydrogens is 600 g/mol. The number of hydroxylamine groups is 1. The smallest absolute Gasteiger partial charge is 0.243 e. The number of aliphatic hydroxyl groups is 1. The first-order chi connectivity index (χ1) is 21.9. The lowest BCUT2D eigenvalue weighted by atomic mass is 10.0. The number of carbonyl (C=O) groups excluding carboxylic acids is 2. The lowest BCUT2D eigenvalue weighted by Gasteiger charge is -2.36. The number of phenolic OH excluding ortho intramolecular Hbond substituents is 1. The van der Waals surface area contributed by atoms with Crippen molar-refractivity contribution in [3.05, 3.63) is 95.1 Å². The van der Waals surface area contributed by atoms with Gasteiger partial charge in [0, 0.05) is 37.1 Å². The summed E-state index contributed by atoms with van der Waals surface area (Å²) in [5, 5.41) is 43.2. The number of thioether (sulfide) groups is 1. The Morgan fingerprint density at radius 2 is 1.60 bits per heavy atom.